The topological polar surface area (TPSA) is 66.4 Å². The Morgan fingerprint density at radius 1 is 0.857 bits per heavy atom. The summed E-state index contributed by atoms with van der Waals surface area (Å²) in [7, 11) is 0. The number of hydrogen-bond donors (Lipinski definition) is 2. The number of hydrogen-bond acceptors (Lipinski definition) is 2. The van der Waals surface area contributed by atoms with Gasteiger partial charge in [0.05, 0.1) is 0 Å². The molecule has 0 aromatic heterocycles. The molecule has 0 fully saturated rings. The molecule has 1 amide bonds. The summed E-state index contributed by atoms with van der Waals surface area (Å²) in [6.45, 7) is 0. The number of benzene rings is 3. The zero-order valence-electron chi connectivity index (χ0n) is 14.5. The summed E-state index contributed by atoms with van der Waals surface area (Å²) in [4.78, 5) is 24.6. The quantitative estimate of drug-likeness (QED) is 0.721. The smallest absolute Gasteiger partial charge is 0.327 e. The maximum absolute atomic E-state index is 13.5. The van der Waals surface area contributed by atoms with Gasteiger partial charge in [0.25, 0.3) is 5.91 Å². The van der Waals surface area contributed by atoms with Gasteiger partial charge < -0.3 is 10.4 Å². The van der Waals surface area contributed by atoms with Crippen molar-refractivity contribution in [2.75, 3.05) is 0 Å². The minimum atomic E-state index is -1.27. The lowest BCUT2D eigenvalue weighted by molar-refractivity contribution is -0.139. The van der Waals surface area contributed by atoms with Crippen LogP contribution in [0, 0.1) is 11.6 Å². The number of carboxylic acid groups (broad SMARTS) is 1. The maximum Gasteiger partial charge on any atom is 0.327 e. The fourth-order valence-corrected chi connectivity index (χ4v) is 3.70. The third kappa shape index (κ3) is 2.93. The first-order chi connectivity index (χ1) is 13.5. The first-order valence-corrected chi connectivity index (χ1v) is 8.64. The second kappa shape index (κ2) is 6.88. The molecular weight excluding hydrogens is 364 g/mol. The van der Waals surface area contributed by atoms with Gasteiger partial charge in [-0.2, -0.15) is 0 Å². The largest absolute Gasteiger partial charge is 0.480 e. The summed E-state index contributed by atoms with van der Waals surface area (Å²) in [5, 5.41) is 12.3. The first kappa shape index (κ1) is 17.9. The zero-order chi connectivity index (χ0) is 19.8. The van der Waals surface area contributed by atoms with Crippen LogP contribution in [0.15, 0.2) is 66.7 Å². The molecule has 6 heteroatoms. The molecule has 1 aliphatic rings. The summed E-state index contributed by atoms with van der Waals surface area (Å²) in [6, 6.07) is 16.3. The Morgan fingerprint density at radius 2 is 1.43 bits per heavy atom. The summed E-state index contributed by atoms with van der Waals surface area (Å²) < 4.78 is 26.6. The van der Waals surface area contributed by atoms with Crippen molar-refractivity contribution in [3.8, 4) is 11.1 Å². The molecule has 0 spiro atoms. The molecule has 0 aliphatic heterocycles. The van der Waals surface area contributed by atoms with Gasteiger partial charge >= 0.3 is 5.97 Å². The van der Waals surface area contributed by atoms with Gasteiger partial charge in [0, 0.05) is 11.5 Å². The molecule has 140 valence electrons. The number of rotatable bonds is 4. The average Bonchev–Trinajstić information content (AvgIpc) is 3.02. The fraction of sp³-hybridized carbons (Fsp3) is 0.0909. The standard InChI is InChI=1S/C22H15F2NO3/c23-17-10-9-12(11-18(17)24)21(26)25-20(22(27)28)19-15-7-3-1-5-13(15)14-6-2-4-8-16(14)19/h1-11,19-20H,(H,25,26)(H,27,28)/t20-/m0/s1. The molecule has 28 heavy (non-hydrogen) atoms. The summed E-state index contributed by atoms with van der Waals surface area (Å²) >= 11 is 0. The van der Waals surface area contributed by atoms with E-state index in [1.807, 2.05) is 48.5 Å². The molecule has 0 bridgehead atoms. The van der Waals surface area contributed by atoms with Crippen LogP contribution in [0.4, 0.5) is 8.78 Å². The van der Waals surface area contributed by atoms with E-state index in [0.717, 1.165) is 40.5 Å². The third-order valence-corrected chi connectivity index (χ3v) is 4.95. The second-order valence-corrected chi connectivity index (χ2v) is 6.57. The SMILES string of the molecule is O=C(N[C@H](C(=O)O)C1c2ccccc2-c2ccccc21)c1ccc(F)c(F)c1. The number of amides is 1. The summed E-state index contributed by atoms with van der Waals surface area (Å²) in [5.41, 5.74) is 3.26. The monoisotopic (exact) mass is 379 g/mol. The van der Waals surface area contributed by atoms with Crippen molar-refractivity contribution in [1.82, 2.24) is 5.32 Å². The molecule has 0 saturated carbocycles. The number of fused-ring (bicyclic) bond motifs is 3. The third-order valence-electron chi connectivity index (χ3n) is 4.95. The van der Waals surface area contributed by atoms with Gasteiger partial charge in [0.1, 0.15) is 6.04 Å². The second-order valence-electron chi connectivity index (χ2n) is 6.57. The van der Waals surface area contributed by atoms with Crippen LogP contribution in [0.25, 0.3) is 11.1 Å². The Morgan fingerprint density at radius 3 is 1.96 bits per heavy atom. The van der Waals surface area contributed by atoms with Crippen molar-refractivity contribution in [2.24, 2.45) is 0 Å². The van der Waals surface area contributed by atoms with Crippen LogP contribution in [0.5, 0.6) is 0 Å². The molecule has 0 unspecified atom stereocenters. The predicted molar refractivity (Wildman–Crippen MR) is 99.0 cm³/mol. The molecule has 4 rings (SSSR count). The van der Waals surface area contributed by atoms with E-state index in [-0.39, 0.29) is 5.56 Å². The Labute approximate surface area is 159 Å². The van der Waals surface area contributed by atoms with E-state index in [9.17, 15) is 23.5 Å². The van der Waals surface area contributed by atoms with Crippen molar-refractivity contribution < 1.29 is 23.5 Å². The van der Waals surface area contributed by atoms with Crippen molar-refractivity contribution >= 4 is 11.9 Å². The van der Waals surface area contributed by atoms with E-state index in [2.05, 4.69) is 5.32 Å². The normalized spacial score (nSPS) is 13.5. The van der Waals surface area contributed by atoms with Crippen LogP contribution < -0.4 is 5.32 Å². The molecule has 0 radical (unpaired) electrons. The number of carboxylic acids is 1. The number of carbonyl (C=O) groups excluding carboxylic acids is 1. The number of halogens is 2. The Balaban J connectivity index is 1.73. The molecule has 0 heterocycles. The van der Waals surface area contributed by atoms with E-state index in [0.29, 0.717) is 0 Å². The van der Waals surface area contributed by atoms with Crippen LogP contribution in [-0.2, 0) is 4.79 Å². The number of nitrogens with one attached hydrogen (secondary N) is 1. The molecule has 0 saturated heterocycles. The first-order valence-electron chi connectivity index (χ1n) is 8.64. The highest BCUT2D eigenvalue weighted by molar-refractivity contribution is 5.97. The Hall–Kier alpha value is -3.54. The Kier molecular flexibility index (Phi) is 4.39. The van der Waals surface area contributed by atoms with Gasteiger partial charge in [-0.05, 0) is 40.5 Å². The van der Waals surface area contributed by atoms with Crippen molar-refractivity contribution in [2.45, 2.75) is 12.0 Å². The minimum Gasteiger partial charge on any atom is -0.480 e. The maximum atomic E-state index is 13.5. The van der Waals surface area contributed by atoms with Crippen LogP contribution >= 0.6 is 0 Å². The van der Waals surface area contributed by atoms with Crippen LogP contribution in [0.2, 0.25) is 0 Å². The highest BCUT2D eigenvalue weighted by Crippen LogP contribution is 2.46. The average molecular weight is 379 g/mol. The lowest BCUT2D eigenvalue weighted by atomic mass is 9.89. The minimum absolute atomic E-state index is 0.148. The Bertz CT molecular complexity index is 1050. The van der Waals surface area contributed by atoms with Gasteiger partial charge in [-0.25, -0.2) is 13.6 Å². The number of carbonyl (C=O) groups is 2. The van der Waals surface area contributed by atoms with Gasteiger partial charge in [-0.3, -0.25) is 4.79 Å². The molecule has 2 N–H and O–H groups in total. The van der Waals surface area contributed by atoms with Crippen LogP contribution in [0.1, 0.15) is 27.4 Å². The summed E-state index contributed by atoms with van der Waals surface area (Å²) in [5.74, 6) is -4.85. The highest BCUT2D eigenvalue weighted by Gasteiger charge is 2.39. The van der Waals surface area contributed by atoms with Crippen LogP contribution in [0.3, 0.4) is 0 Å². The summed E-state index contributed by atoms with van der Waals surface area (Å²) in [6.07, 6.45) is 0. The molecule has 4 nitrogen and oxygen atoms in total. The van der Waals surface area contributed by atoms with Gasteiger partial charge in [-0.1, -0.05) is 48.5 Å². The highest BCUT2D eigenvalue weighted by atomic mass is 19.2. The molecule has 1 atom stereocenters. The molecule has 3 aromatic carbocycles. The molecular formula is C22H15F2NO3. The van der Waals surface area contributed by atoms with Crippen molar-refractivity contribution in [1.29, 1.82) is 0 Å². The van der Waals surface area contributed by atoms with E-state index in [1.165, 1.54) is 0 Å². The van der Waals surface area contributed by atoms with Gasteiger partial charge in [0.2, 0.25) is 0 Å². The predicted octanol–water partition coefficient (Wildman–Crippen LogP) is 3.96. The zero-order valence-corrected chi connectivity index (χ0v) is 14.5. The van der Waals surface area contributed by atoms with Crippen molar-refractivity contribution in [3.05, 3.63) is 95.1 Å². The van der Waals surface area contributed by atoms with E-state index in [1.54, 1.807) is 0 Å². The lowest BCUT2D eigenvalue weighted by Crippen LogP contribution is -2.45. The number of aliphatic carboxylic acids is 1. The van der Waals surface area contributed by atoms with E-state index < -0.39 is 35.5 Å². The lowest BCUT2D eigenvalue weighted by Gasteiger charge is -2.23. The van der Waals surface area contributed by atoms with Gasteiger partial charge in [0.15, 0.2) is 11.6 Å². The molecule has 3 aromatic rings. The van der Waals surface area contributed by atoms with Crippen molar-refractivity contribution in [3.63, 3.8) is 0 Å². The molecule has 1 aliphatic carbocycles. The fourth-order valence-electron chi connectivity index (χ4n) is 3.70. The van der Waals surface area contributed by atoms with Crippen LogP contribution in [-0.4, -0.2) is 23.0 Å². The van der Waals surface area contributed by atoms with Gasteiger partial charge in [-0.15, -0.1) is 0 Å². The van der Waals surface area contributed by atoms with E-state index in [4.69, 9.17) is 0 Å². The van der Waals surface area contributed by atoms with E-state index >= 15 is 0 Å².